The summed E-state index contributed by atoms with van der Waals surface area (Å²) in [4.78, 5) is 22.6. The van der Waals surface area contributed by atoms with Crippen molar-refractivity contribution in [3.8, 4) is 0 Å². The van der Waals surface area contributed by atoms with Crippen LogP contribution >= 0.6 is 0 Å². The van der Waals surface area contributed by atoms with Gasteiger partial charge in [0.05, 0.1) is 4.90 Å². The van der Waals surface area contributed by atoms with Crippen LogP contribution in [0.15, 0.2) is 64.5 Å². The molecule has 0 radical (unpaired) electrons. The van der Waals surface area contributed by atoms with E-state index < -0.39 is 16.1 Å². The minimum Gasteiger partial charge on any atom is -0.354 e. The third-order valence-corrected chi connectivity index (χ3v) is 8.03. The highest BCUT2D eigenvalue weighted by atomic mass is 32.2. The van der Waals surface area contributed by atoms with Crippen LogP contribution in [0.3, 0.4) is 0 Å². The molecule has 2 aromatic rings. The second-order valence-corrected chi connectivity index (χ2v) is 11.3. The summed E-state index contributed by atoms with van der Waals surface area (Å²) in [5.41, 5.74) is 1.83. The van der Waals surface area contributed by atoms with Crippen molar-refractivity contribution in [1.29, 1.82) is 0 Å². The summed E-state index contributed by atoms with van der Waals surface area (Å²) in [7, 11) is -1.48. The van der Waals surface area contributed by atoms with Crippen molar-refractivity contribution in [3.05, 3.63) is 65.7 Å². The van der Waals surface area contributed by atoms with Crippen LogP contribution in [0.5, 0.6) is 0 Å². The second-order valence-electron chi connectivity index (χ2n) is 9.64. The average molecular weight is 498 g/mol. The van der Waals surface area contributed by atoms with E-state index in [4.69, 9.17) is 0 Å². The van der Waals surface area contributed by atoms with Crippen molar-refractivity contribution in [3.63, 3.8) is 0 Å². The summed E-state index contributed by atoms with van der Waals surface area (Å²) in [5, 5.41) is 3.03. The summed E-state index contributed by atoms with van der Waals surface area (Å²) >= 11 is 0. The number of carbonyl (C=O) groups is 1. The number of nitrogens with one attached hydrogen (secondary N) is 2. The van der Waals surface area contributed by atoms with Crippen LogP contribution in [0.1, 0.15) is 37.4 Å². The van der Waals surface area contributed by atoms with E-state index in [1.54, 1.807) is 24.3 Å². The Hall–Kier alpha value is -2.75. The fraction of sp³-hybridized carbons (Fsp3) is 0.462. The Labute approximate surface area is 208 Å². The lowest BCUT2D eigenvalue weighted by atomic mass is 10.0. The molecule has 1 unspecified atom stereocenters. The van der Waals surface area contributed by atoms with E-state index in [-0.39, 0.29) is 22.6 Å². The van der Waals surface area contributed by atoms with Gasteiger partial charge in [-0.25, -0.2) is 8.42 Å². The number of benzene rings is 2. The molecule has 1 saturated heterocycles. The zero-order valence-corrected chi connectivity index (χ0v) is 21.5. The Morgan fingerprint density at radius 3 is 2.57 bits per heavy atom. The van der Waals surface area contributed by atoms with E-state index in [2.05, 4.69) is 56.1 Å². The molecule has 2 heterocycles. The number of carbonyl (C=O) groups excluding carboxylic acids is 1. The molecule has 4 rings (SSSR count). The van der Waals surface area contributed by atoms with Gasteiger partial charge in [-0.15, -0.1) is 0 Å². The molecular formula is C26H35N5O3S. The van der Waals surface area contributed by atoms with Crippen molar-refractivity contribution >= 4 is 21.8 Å². The number of sulfonamides is 1. The Morgan fingerprint density at radius 1 is 1.11 bits per heavy atom. The lowest BCUT2D eigenvalue weighted by Crippen LogP contribution is -2.47. The van der Waals surface area contributed by atoms with Crippen LogP contribution in [-0.4, -0.2) is 75.8 Å². The second kappa shape index (κ2) is 10.9. The SMILES string of the molecule is CC(C)[C@H](N=C1NS(=O)(=O)c2ccccc21)C(=O)NCCCN1CCN(C)CC1c1ccccc1. The molecule has 1 fully saturated rings. The van der Waals surface area contributed by atoms with E-state index in [0.29, 0.717) is 18.2 Å². The van der Waals surface area contributed by atoms with E-state index >= 15 is 0 Å². The summed E-state index contributed by atoms with van der Waals surface area (Å²) in [6, 6.07) is 16.9. The first-order valence-electron chi connectivity index (χ1n) is 12.2. The number of rotatable bonds is 8. The smallest absolute Gasteiger partial charge is 0.263 e. The Kier molecular flexibility index (Phi) is 7.88. The first-order chi connectivity index (χ1) is 16.8. The van der Waals surface area contributed by atoms with Crippen molar-refractivity contribution in [1.82, 2.24) is 19.8 Å². The van der Waals surface area contributed by atoms with Crippen molar-refractivity contribution in [2.24, 2.45) is 10.9 Å². The molecule has 2 atom stereocenters. The molecule has 9 heteroatoms. The Balaban J connectivity index is 1.36. The fourth-order valence-corrected chi connectivity index (χ4v) is 5.93. The van der Waals surface area contributed by atoms with Gasteiger partial charge in [0.25, 0.3) is 10.0 Å². The van der Waals surface area contributed by atoms with Crippen LogP contribution < -0.4 is 10.0 Å². The van der Waals surface area contributed by atoms with E-state index in [1.807, 2.05) is 19.9 Å². The molecule has 188 valence electrons. The maximum Gasteiger partial charge on any atom is 0.263 e. The highest BCUT2D eigenvalue weighted by Crippen LogP contribution is 2.25. The topological polar surface area (TPSA) is 94.1 Å². The van der Waals surface area contributed by atoms with Gasteiger partial charge in [0.2, 0.25) is 5.91 Å². The van der Waals surface area contributed by atoms with Gasteiger partial charge in [-0.1, -0.05) is 56.3 Å². The molecular weight excluding hydrogens is 462 g/mol. The number of aliphatic imine (C=N–C) groups is 1. The lowest BCUT2D eigenvalue weighted by Gasteiger charge is -2.40. The lowest BCUT2D eigenvalue weighted by molar-refractivity contribution is -0.123. The molecule has 8 nitrogen and oxygen atoms in total. The summed E-state index contributed by atoms with van der Waals surface area (Å²) < 4.78 is 27.3. The molecule has 2 aliphatic heterocycles. The van der Waals surface area contributed by atoms with Gasteiger partial charge in [0.15, 0.2) is 0 Å². The average Bonchev–Trinajstić information content (AvgIpc) is 3.11. The van der Waals surface area contributed by atoms with Gasteiger partial charge >= 0.3 is 0 Å². The van der Waals surface area contributed by atoms with Crippen LogP contribution in [0.4, 0.5) is 0 Å². The van der Waals surface area contributed by atoms with Crippen LogP contribution in [-0.2, 0) is 14.8 Å². The Bertz CT molecular complexity index is 1170. The number of nitrogens with zero attached hydrogens (tertiary/aromatic N) is 3. The maximum absolute atomic E-state index is 13.0. The molecule has 0 spiro atoms. The van der Waals surface area contributed by atoms with E-state index in [1.165, 1.54) is 5.56 Å². The van der Waals surface area contributed by atoms with Crippen LogP contribution in [0, 0.1) is 5.92 Å². The number of fused-ring (bicyclic) bond motifs is 1. The predicted molar refractivity (Wildman–Crippen MR) is 138 cm³/mol. The number of amides is 1. The summed E-state index contributed by atoms with van der Waals surface area (Å²) in [6.45, 7) is 8.27. The van der Waals surface area contributed by atoms with Gasteiger partial charge in [-0.2, -0.15) is 0 Å². The van der Waals surface area contributed by atoms with Gasteiger partial charge in [0.1, 0.15) is 11.9 Å². The summed E-state index contributed by atoms with van der Waals surface area (Å²) in [6.07, 6.45) is 0.829. The molecule has 2 N–H and O–H groups in total. The zero-order chi connectivity index (χ0) is 25.0. The number of piperazine rings is 1. The fourth-order valence-electron chi connectivity index (χ4n) is 4.69. The Morgan fingerprint density at radius 2 is 1.83 bits per heavy atom. The number of amidine groups is 1. The van der Waals surface area contributed by atoms with Gasteiger partial charge < -0.3 is 10.2 Å². The first kappa shape index (κ1) is 25.3. The highest BCUT2D eigenvalue weighted by Gasteiger charge is 2.32. The minimum atomic E-state index is -3.64. The quantitative estimate of drug-likeness (QED) is 0.546. The van der Waals surface area contributed by atoms with Crippen molar-refractivity contribution in [2.45, 2.75) is 37.2 Å². The maximum atomic E-state index is 13.0. The molecule has 35 heavy (non-hydrogen) atoms. The van der Waals surface area contributed by atoms with Gasteiger partial charge in [-0.05, 0) is 37.1 Å². The molecule has 1 amide bonds. The van der Waals surface area contributed by atoms with Gasteiger partial charge in [-0.3, -0.25) is 19.4 Å². The molecule has 2 aliphatic rings. The third kappa shape index (κ3) is 5.91. The minimum absolute atomic E-state index is 0.0835. The molecule has 0 aromatic heterocycles. The van der Waals surface area contributed by atoms with Gasteiger partial charge in [0, 0.05) is 44.3 Å². The number of hydrogen-bond donors (Lipinski definition) is 2. The summed E-state index contributed by atoms with van der Waals surface area (Å²) in [5.74, 6) is -0.0356. The first-order valence-corrected chi connectivity index (χ1v) is 13.7. The van der Waals surface area contributed by atoms with E-state index in [9.17, 15) is 13.2 Å². The molecule has 0 bridgehead atoms. The number of hydrogen-bond acceptors (Lipinski definition) is 6. The van der Waals surface area contributed by atoms with E-state index in [0.717, 1.165) is 32.6 Å². The largest absolute Gasteiger partial charge is 0.354 e. The highest BCUT2D eigenvalue weighted by molar-refractivity contribution is 7.90. The monoisotopic (exact) mass is 497 g/mol. The van der Waals surface area contributed by atoms with Crippen LogP contribution in [0.25, 0.3) is 0 Å². The molecule has 0 saturated carbocycles. The van der Waals surface area contributed by atoms with Crippen molar-refractivity contribution < 1.29 is 13.2 Å². The zero-order valence-electron chi connectivity index (χ0n) is 20.6. The normalized spacial score (nSPS) is 22.1. The number of likely N-dealkylation sites (N-methyl/N-ethyl adjacent to an activating group) is 1. The predicted octanol–water partition coefficient (Wildman–Crippen LogP) is 2.24. The van der Waals surface area contributed by atoms with Crippen molar-refractivity contribution in [2.75, 3.05) is 39.8 Å². The molecule has 2 aromatic carbocycles. The molecule has 0 aliphatic carbocycles. The third-order valence-electron chi connectivity index (χ3n) is 6.63. The standard InChI is InChI=1S/C26H35N5O3S/c1-19(2)24(28-25-21-12-7-8-13-23(21)35(33,34)29-25)26(32)27-14-9-15-31-17-16-30(3)18-22(31)20-10-5-4-6-11-20/h4-8,10-13,19,22,24H,9,14-18H2,1-3H3,(H,27,32)(H,28,29)/t22?,24-/m0/s1. The van der Waals surface area contributed by atoms with Crippen LogP contribution in [0.2, 0.25) is 0 Å².